The molecule has 1 aromatic carbocycles. The number of amides is 1. The molecule has 1 fully saturated rings. The normalized spacial score (nSPS) is 15.2. The number of anilines is 1. The summed E-state index contributed by atoms with van der Waals surface area (Å²) < 4.78 is 38.5. The van der Waals surface area contributed by atoms with Crippen molar-refractivity contribution < 1.29 is 33.3 Å². The number of aliphatic hydroxyl groups excluding tert-OH is 2. The summed E-state index contributed by atoms with van der Waals surface area (Å²) in [6.07, 6.45) is 2.38. The first kappa shape index (κ1) is 27.6. The number of carbonyl (C=O) groups excluding carboxylic acids is 1. The lowest BCUT2D eigenvalue weighted by Crippen LogP contribution is -2.38. The van der Waals surface area contributed by atoms with Crippen LogP contribution < -0.4 is 10.1 Å². The van der Waals surface area contributed by atoms with E-state index in [1.807, 2.05) is 19.1 Å². The standard InChI is InChI=1S/C28H31F2N3O5/c1-18-3-4-21(32-26(36)19-5-8-31-23(13-19)27(2,29)30)16-22(18)20-14-24(33-25(15-20)38-12-9-34)28(17-35)6-10-37-11-7-28/h3-5,8,13-16,34-35H,6-7,9-12,17H2,1-2H3,(H,32,36). The number of hydrogen-bond acceptors (Lipinski definition) is 7. The van der Waals surface area contributed by atoms with Crippen LogP contribution in [0.15, 0.2) is 48.7 Å². The van der Waals surface area contributed by atoms with Gasteiger partial charge in [-0.2, -0.15) is 8.78 Å². The summed E-state index contributed by atoms with van der Waals surface area (Å²) in [4.78, 5) is 21.2. The number of aliphatic hydroxyl groups is 2. The predicted octanol–water partition coefficient (Wildman–Crippen LogP) is 4.23. The Morgan fingerprint density at radius 2 is 1.92 bits per heavy atom. The molecule has 1 aliphatic rings. The van der Waals surface area contributed by atoms with Gasteiger partial charge in [0, 0.05) is 49.1 Å². The van der Waals surface area contributed by atoms with Gasteiger partial charge < -0.3 is 25.0 Å². The molecule has 10 heteroatoms. The molecular formula is C28H31F2N3O5. The zero-order valence-corrected chi connectivity index (χ0v) is 21.3. The van der Waals surface area contributed by atoms with Crippen molar-refractivity contribution in [1.29, 1.82) is 0 Å². The minimum Gasteiger partial charge on any atom is -0.475 e. The van der Waals surface area contributed by atoms with Crippen LogP contribution >= 0.6 is 0 Å². The monoisotopic (exact) mass is 527 g/mol. The Kier molecular flexibility index (Phi) is 8.35. The Balaban J connectivity index is 1.69. The summed E-state index contributed by atoms with van der Waals surface area (Å²) in [6.45, 7) is 3.43. The first-order valence-corrected chi connectivity index (χ1v) is 12.4. The van der Waals surface area contributed by atoms with Gasteiger partial charge in [0.15, 0.2) is 0 Å². The lowest BCUT2D eigenvalue weighted by molar-refractivity contribution is 0.0127. The van der Waals surface area contributed by atoms with E-state index in [1.54, 1.807) is 18.2 Å². The van der Waals surface area contributed by atoms with Gasteiger partial charge in [0.25, 0.3) is 11.8 Å². The van der Waals surface area contributed by atoms with Crippen molar-refractivity contribution in [3.8, 4) is 17.0 Å². The van der Waals surface area contributed by atoms with Crippen LogP contribution in [0.5, 0.6) is 5.88 Å². The van der Waals surface area contributed by atoms with Gasteiger partial charge in [-0.05, 0) is 66.8 Å². The van der Waals surface area contributed by atoms with Gasteiger partial charge in [-0.25, -0.2) is 4.98 Å². The number of aryl methyl sites for hydroxylation is 1. The molecule has 4 rings (SSSR count). The number of nitrogens with zero attached hydrogens (tertiary/aromatic N) is 2. The number of hydrogen-bond donors (Lipinski definition) is 3. The van der Waals surface area contributed by atoms with Crippen molar-refractivity contribution in [3.63, 3.8) is 0 Å². The Bertz CT molecular complexity index is 1290. The lowest BCUT2D eigenvalue weighted by atomic mass is 9.77. The largest absolute Gasteiger partial charge is 0.475 e. The average molecular weight is 528 g/mol. The molecule has 0 bridgehead atoms. The van der Waals surface area contributed by atoms with Gasteiger partial charge >= 0.3 is 0 Å². The van der Waals surface area contributed by atoms with Gasteiger partial charge in [0.05, 0.1) is 18.9 Å². The lowest BCUT2D eigenvalue weighted by Gasteiger charge is -2.35. The van der Waals surface area contributed by atoms with Crippen LogP contribution in [-0.2, 0) is 16.1 Å². The Morgan fingerprint density at radius 3 is 2.61 bits per heavy atom. The van der Waals surface area contributed by atoms with E-state index >= 15 is 0 Å². The van der Waals surface area contributed by atoms with Crippen LogP contribution in [-0.4, -0.2) is 59.1 Å². The molecule has 1 saturated heterocycles. The van der Waals surface area contributed by atoms with Crippen molar-refractivity contribution in [2.24, 2.45) is 0 Å². The summed E-state index contributed by atoms with van der Waals surface area (Å²) in [5.74, 6) is -3.40. The van der Waals surface area contributed by atoms with Gasteiger partial charge in [-0.3, -0.25) is 9.78 Å². The zero-order chi connectivity index (χ0) is 27.3. The highest BCUT2D eigenvalue weighted by atomic mass is 19.3. The van der Waals surface area contributed by atoms with Gasteiger partial charge in [-0.15, -0.1) is 0 Å². The van der Waals surface area contributed by atoms with Gasteiger partial charge in [-0.1, -0.05) is 6.07 Å². The number of aromatic nitrogens is 2. The second kappa shape index (κ2) is 11.5. The van der Waals surface area contributed by atoms with Crippen molar-refractivity contribution >= 4 is 11.6 Å². The fraction of sp³-hybridized carbons (Fsp3) is 0.393. The van der Waals surface area contributed by atoms with Crippen molar-refractivity contribution in [1.82, 2.24) is 9.97 Å². The third-order valence-electron chi connectivity index (χ3n) is 6.72. The first-order chi connectivity index (χ1) is 18.1. The van der Waals surface area contributed by atoms with Crippen LogP contribution in [0.1, 0.15) is 47.1 Å². The minimum atomic E-state index is -3.17. The highest BCUT2D eigenvalue weighted by molar-refractivity contribution is 6.04. The molecule has 0 radical (unpaired) electrons. The summed E-state index contributed by atoms with van der Waals surface area (Å²) in [5, 5.41) is 22.3. The molecule has 8 nitrogen and oxygen atoms in total. The number of benzene rings is 1. The van der Waals surface area contributed by atoms with Crippen LogP contribution in [0.2, 0.25) is 0 Å². The second-order valence-electron chi connectivity index (χ2n) is 9.50. The number of carbonyl (C=O) groups is 1. The maximum Gasteiger partial charge on any atom is 0.286 e. The van der Waals surface area contributed by atoms with E-state index in [0.29, 0.717) is 43.3 Å². The van der Waals surface area contributed by atoms with E-state index in [9.17, 15) is 23.8 Å². The molecular weight excluding hydrogens is 496 g/mol. The first-order valence-electron chi connectivity index (χ1n) is 12.4. The molecule has 2 aromatic heterocycles. The Morgan fingerprint density at radius 1 is 1.16 bits per heavy atom. The van der Waals surface area contributed by atoms with Crippen molar-refractivity contribution in [3.05, 3.63) is 71.2 Å². The molecule has 1 aliphatic heterocycles. The maximum absolute atomic E-state index is 13.7. The average Bonchev–Trinajstić information content (AvgIpc) is 2.92. The second-order valence-corrected chi connectivity index (χ2v) is 9.50. The molecule has 3 N–H and O–H groups in total. The van der Waals surface area contributed by atoms with E-state index in [2.05, 4.69) is 15.3 Å². The molecule has 0 aliphatic carbocycles. The molecule has 0 spiro atoms. The number of rotatable bonds is 9. The highest BCUT2D eigenvalue weighted by Gasteiger charge is 2.36. The molecule has 3 heterocycles. The summed E-state index contributed by atoms with van der Waals surface area (Å²) in [6, 6.07) is 11.5. The fourth-order valence-electron chi connectivity index (χ4n) is 4.44. The quantitative estimate of drug-likeness (QED) is 0.382. The van der Waals surface area contributed by atoms with Gasteiger partial charge in [0.2, 0.25) is 5.88 Å². The molecule has 0 unspecified atom stereocenters. The van der Waals surface area contributed by atoms with Crippen LogP contribution in [0.3, 0.4) is 0 Å². The molecule has 38 heavy (non-hydrogen) atoms. The minimum absolute atomic E-state index is 0.0605. The van der Waals surface area contributed by atoms with E-state index in [4.69, 9.17) is 9.47 Å². The SMILES string of the molecule is Cc1ccc(NC(=O)c2ccnc(C(C)(F)F)c2)cc1-c1cc(OCCO)nc(C2(CO)CCOCC2)c1. The fourth-order valence-corrected chi connectivity index (χ4v) is 4.44. The van der Waals surface area contributed by atoms with Crippen LogP contribution in [0, 0.1) is 6.92 Å². The van der Waals surface area contributed by atoms with E-state index < -0.39 is 22.9 Å². The molecule has 0 atom stereocenters. The van der Waals surface area contributed by atoms with Crippen LogP contribution in [0.25, 0.3) is 11.1 Å². The summed E-state index contributed by atoms with van der Waals surface area (Å²) in [5.41, 5.74) is 2.57. The van der Waals surface area contributed by atoms with Crippen LogP contribution in [0.4, 0.5) is 14.5 Å². The molecule has 202 valence electrons. The predicted molar refractivity (Wildman–Crippen MR) is 138 cm³/mol. The number of alkyl halides is 2. The van der Waals surface area contributed by atoms with Crippen molar-refractivity contribution in [2.45, 2.75) is 38.0 Å². The number of nitrogens with one attached hydrogen (secondary N) is 1. The summed E-state index contributed by atoms with van der Waals surface area (Å²) >= 11 is 0. The molecule has 3 aromatic rings. The van der Waals surface area contributed by atoms with E-state index in [1.165, 1.54) is 12.3 Å². The third-order valence-corrected chi connectivity index (χ3v) is 6.72. The summed E-state index contributed by atoms with van der Waals surface area (Å²) in [7, 11) is 0. The zero-order valence-electron chi connectivity index (χ0n) is 21.3. The number of halogens is 2. The maximum atomic E-state index is 13.7. The Labute approximate surface area is 219 Å². The molecule has 1 amide bonds. The van der Waals surface area contributed by atoms with E-state index in [0.717, 1.165) is 29.7 Å². The highest BCUT2D eigenvalue weighted by Crippen LogP contribution is 2.38. The number of ether oxygens (including phenoxy) is 2. The smallest absolute Gasteiger partial charge is 0.286 e. The topological polar surface area (TPSA) is 114 Å². The third kappa shape index (κ3) is 6.15. The number of pyridine rings is 2. The van der Waals surface area contributed by atoms with Crippen molar-refractivity contribution in [2.75, 3.05) is 38.4 Å². The molecule has 0 saturated carbocycles. The van der Waals surface area contributed by atoms with Gasteiger partial charge in [0.1, 0.15) is 12.3 Å². The van der Waals surface area contributed by atoms with E-state index in [-0.39, 0.29) is 25.4 Å². The Hall–Kier alpha value is -3.47.